The largest absolute Gasteiger partial charge is 0.322 e. The van der Waals surface area contributed by atoms with Gasteiger partial charge in [0.25, 0.3) is 0 Å². The lowest BCUT2D eigenvalue weighted by Crippen LogP contribution is -2.47. The summed E-state index contributed by atoms with van der Waals surface area (Å²) in [4.78, 5) is 14.4. The summed E-state index contributed by atoms with van der Waals surface area (Å²) in [6.07, 6.45) is 3.40. The highest BCUT2D eigenvalue weighted by molar-refractivity contribution is 5.90. The summed E-state index contributed by atoms with van der Waals surface area (Å²) in [7, 11) is 0. The number of amides is 2. The van der Waals surface area contributed by atoms with Gasteiger partial charge in [-0.15, -0.1) is 10.2 Å². The number of benzene rings is 1. The molecule has 0 spiro atoms. The number of H-pyrrole nitrogens is 1. The Morgan fingerprint density at radius 1 is 1.42 bits per heavy atom. The third kappa shape index (κ3) is 3.52. The fourth-order valence-corrected chi connectivity index (χ4v) is 3.21. The fraction of sp³-hybridized carbons (Fsp3) is 0.500. The lowest BCUT2D eigenvalue weighted by Gasteiger charge is -2.35. The van der Waals surface area contributed by atoms with Crippen molar-refractivity contribution < 1.29 is 9.18 Å². The molecule has 2 heterocycles. The van der Waals surface area contributed by atoms with Crippen LogP contribution in [0.15, 0.2) is 12.1 Å². The summed E-state index contributed by atoms with van der Waals surface area (Å²) >= 11 is 0. The van der Waals surface area contributed by atoms with Gasteiger partial charge in [0.15, 0.2) is 5.82 Å². The van der Waals surface area contributed by atoms with Gasteiger partial charge in [-0.3, -0.25) is 0 Å². The van der Waals surface area contributed by atoms with E-state index in [1.807, 2.05) is 13.0 Å². The number of likely N-dealkylation sites (tertiary alicyclic amines) is 1. The van der Waals surface area contributed by atoms with Crippen molar-refractivity contribution in [2.24, 2.45) is 0 Å². The quantitative estimate of drug-likeness (QED) is 0.904. The van der Waals surface area contributed by atoms with Crippen LogP contribution in [0, 0.1) is 19.7 Å². The van der Waals surface area contributed by atoms with Crippen molar-refractivity contribution in [3.8, 4) is 0 Å². The molecule has 0 aliphatic carbocycles. The average Bonchev–Trinajstić information content (AvgIpc) is 3.04. The van der Waals surface area contributed by atoms with Gasteiger partial charge < -0.3 is 10.2 Å². The number of nitrogens with one attached hydrogen (secondary N) is 2. The van der Waals surface area contributed by atoms with E-state index in [1.165, 1.54) is 6.07 Å². The third-order valence-electron chi connectivity index (χ3n) is 4.36. The molecule has 2 aromatic rings. The van der Waals surface area contributed by atoms with Crippen LogP contribution in [0.25, 0.3) is 0 Å². The van der Waals surface area contributed by atoms with Crippen molar-refractivity contribution in [2.75, 3.05) is 11.9 Å². The molecule has 8 heteroatoms. The van der Waals surface area contributed by atoms with Crippen molar-refractivity contribution in [3.63, 3.8) is 0 Å². The standard InChI is InChI=1S/C16H21FN6O/c1-10-7-11(2)15(13(17)8-10)18-16(24)23-6-4-3-5-12(23)9-14-19-21-22-20-14/h7-8,12H,3-6,9H2,1-2H3,(H,18,24)(H,19,20,21,22). The summed E-state index contributed by atoms with van der Waals surface area (Å²) in [5.74, 6) is 0.171. The van der Waals surface area contributed by atoms with Crippen molar-refractivity contribution >= 4 is 11.7 Å². The zero-order chi connectivity index (χ0) is 17.1. The van der Waals surface area contributed by atoms with E-state index >= 15 is 0 Å². The first-order valence-electron chi connectivity index (χ1n) is 8.11. The summed E-state index contributed by atoms with van der Waals surface area (Å²) in [5.41, 5.74) is 1.79. The molecule has 1 aromatic heterocycles. The van der Waals surface area contributed by atoms with Crippen LogP contribution in [0.1, 0.15) is 36.2 Å². The molecule has 2 amide bonds. The van der Waals surface area contributed by atoms with Crippen LogP contribution >= 0.6 is 0 Å². The maximum Gasteiger partial charge on any atom is 0.322 e. The number of anilines is 1. The highest BCUT2D eigenvalue weighted by Gasteiger charge is 2.28. The minimum absolute atomic E-state index is 0.00911. The van der Waals surface area contributed by atoms with E-state index < -0.39 is 5.82 Å². The zero-order valence-electron chi connectivity index (χ0n) is 13.8. The van der Waals surface area contributed by atoms with Gasteiger partial charge in [0.05, 0.1) is 5.69 Å². The maximum atomic E-state index is 14.2. The van der Waals surface area contributed by atoms with Gasteiger partial charge in [0.1, 0.15) is 5.82 Å². The number of carbonyl (C=O) groups is 1. The molecule has 7 nitrogen and oxygen atoms in total. The molecule has 1 unspecified atom stereocenters. The van der Waals surface area contributed by atoms with Crippen LogP contribution in [0.2, 0.25) is 0 Å². The lowest BCUT2D eigenvalue weighted by atomic mass is 9.99. The van der Waals surface area contributed by atoms with Crippen LogP contribution in [0.4, 0.5) is 14.9 Å². The molecule has 0 radical (unpaired) electrons. The van der Waals surface area contributed by atoms with E-state index in [9.17, 15) is 9.18 Å². The average molecular weight is 332 g/mol. The molecule has 24 heavy (non-hydrogen) atoms. The van der Waals surface area contributed by atoms with Gasteiger partial charge in [-0.25, -0.2) is 9.18 Å². The maximum absolute atomic E-state index is 14.2. The second-order valence-electron chi connectivity index (χ2n) is 6.24. The minimum Gasteiger partial charge on any atom is -0.321 e. The highest BCUT2D eigenvalue weighted by atomic mass is 19.1. The topological polar surface area (TPSA) is 86.8 Å². The SMILES string of the molecule is Cc1cc(C)c(NC(=O)N2CCCCC2Cc2nn[nH]n2)c(F)c1. The molecular formula is C16H21FN6O. The Hall–Kier alpha value is -2.51. The summed E-state index contributed by atoms with van der Waals surface area (Å²) < 4.78 is 14.2. The number of nitrogens with zero attached hydrogens (tertiary/aromatic N) is 4. The van der Waals surface area contributed by atoms with Crippen molar-refractivity contribution in [2.45, 2.75) is 45.6 Å². The number of aryl methyl sites for hydroxylation is 2. The molecule has 1 atom stereocenters. The van der Waals surface area contributed by atoms with E-state index in [0.717, 1.165) is 24.8 Å². The molecule has 0 saturated carbocycles. The van der Waals surface area contributed by atoms with E-state index in [0.29, 0.717) is 24.4 Å². The van der Waals surface area contributed by atoms with Crippen LogP contribution in [0.5, 0.6) is 0 Å². The van der Waals surface area contributed by atoms with Crippen LogP contribution in [0.3, 0.4) is 0 Å². The number of piperidine rings is 1. The number of hydrogen-bond donors (Lipinski definition) is 2. The number of urea groups is 1. The monoisotopic (exact) mass is 332 g/mol. The number of halogens is 1. The highest BCUT2D eigenvalue weighted by Crippen LogP contribution is 2.24. The number of tetrazole rings is 1. The van der Waals surface area contributed by atoms with Crippen molar-refractivity contribution in [1.82, 2.24) is 25.5 Å². The lowest BCUT2D eigenvalue weighted by molar-refractivity contribution is 0.161. The Bertz CT molecular complexity index is 694. The van der Waals surface area contributed by atoms with Crippen LogP contribution < -0.4 is 5.32 Å². The predicted octanol–water partition coefficient (Wildman–Crippen LogP) is 2.58. The number of carbonyl (C=O) groups excluding carboxylic acids is 1. The molecule has 1 aliphatic rings. The second-order valence-corrected chi connectivity index (χ2v) is 6.24. The normalized spacial score (nSPS) is 17.8. The van der Waals surface area contributed by atoms with Crippen LogP contribution in [-0.2, 0) is 6.42 Å². The Kier molecular flexibility index (Phi) is 4.73. The number of hydrogen-bond acceptors (Lipinski definition) is 4. The van der Waals surface area contributed by atoms with Crippen molar-refractivity contribution in [1.29, 1.82) is 0 Å². The number of aromatic nitrogens is 4. The minimum atomic E-state index is -0.410. The Morgan fingerprint density at radius 2 is 2.25 bits per heavy atom. The van der Waals surface area contributed by atoms with E-state index in [-0.39, 0.29) is 17.8 Å². The fourth-order valence-electron chi connectivity index (χ4n) is 3.21. The predicted molar refractivity (Wildman–Crippen MR) is 87.1 cm³/mol. The van der Waals surface area contributed by atoms with Gasteiger partial charge in [-0.2, -0.15) is 5.21 Å². The summed E-state index contributed by atoms with van der Waals surface area (Å²) in [5, 5.41) is 16.6. The Morgan fingerprint density at radius 3 is 2.96 bits per heavy atom. The first-order chi connectivity index (χ1) is 11.5. The molecule has 1 saturated heterocycles. The summed E-state index contributed by atoms with van der Waals surface area (Å²) in [6.45, 7) is 4.26. The van der Waals surface area contributed by atoms with E-state index in [4.69, 9.17) is 0 Å². The van der Waals surface area contributed by atoms with Gasteiger partial charge >= 0.3 is 6.03 Å². The molecule has 3 rings (SSSR count). The smallest absolute Gasteiger partial charge is 0.321 e. The zero-order valence-corrected chi connectivity index (χ0v) is 13.8. The molecule has 1 aliphatic heterocycles. The number of rotatable bonds is 3. The Labute approximate surface area is 139 Å². The molecule has 128 valence electrons. The second kappa shape index (κ2) is 6.94. The molecule has 2 N–H and O–H groups in total. The van der Waals surface area contributed by atoms with Gasteiger partial charge in [-0.05, 0) is 50.3 Å². The van der Waals surface area contributed by atoms with Gasteiger partial charge in [0, 0.05) is 19.0 Å². The van der Waals surface area contributed by atoms with Gasteiger partial charge in [0.2, 0.25) is 0 Å². The van der Waals surface area contributed by atoms with E-state index in [2.05, 4.69) is 25.9 Å². The molecule has 0 bridgehead atoms. The first kappa shape index (κ1) is 16.4. The molecule has 1 aromatic carbocycles. The third-order valence-corrected chi connectivity index (χ3v) is 4.36. The van der Waals surface area contributed by atoms with E-state index in [1.54, 1.807) is 11.8 Å². The van der Waals surface area contributed by atoms with Crippen molar-refractivity contribution in [3.05, 3.63) is 34.9 Å². The Balaban J connectivity index is 1.75. The van der Waals surface area contributed by atoms with Gasteiger partial charge in [-0.1, -0.05) is 11.3 Å². The molecular weight excluding hydrogens is 311 g/mol. The number of aromatic amines is 1. The summed E-state index contributed by atoms with van der Waals surface area (Å²) in [6, 6.07) is 2.99. The first-order valence-corrected chi connectivity index (χ1v) is 8.11. The van der Waals surface area contributed by atoms with Crippen LogP contribution in [-0.4, -0.2) is 44.1 Å². The molecule has 1 fully saturated rings.